The van der Waals surface area contributed by atoms with E-state index in [1.165, 1.54) is 0 Å². The number of hydrogen-bond donors (Lipinski definition) is 3. The number of nitrogens with one attached hydrogen (secondary N) is 2. The molecule has 1 aliphatic carbocycles. The fourth-order valence-electron chi connectivity index (χ4n) is 3.11. The quantitative estimate of drug-likeness (QED) is 0.723. The lowest BCUT2D eigenvalue weighted by Crippen LogP contribution is -2.48. The molecule has 0 radical (unpaired) electrons. The molecule has 0 spiro atoms. The summed E-state index contributed by atoms with van der Waals surface area (Å²) in [5.74, 6) is 0.541. The van der Waals surface area contributed by atoms with Crippen molar-refractivity contribution in [3.63, 3.8) is 0 Å². The SMILES string of the molecule is CC1CNCC1C(=O)NCC1(O)CCC(C)(C)CC1. The van der Waals surface area contributed by atoms with Crippen LogP contribution < -0.4 is 10.6 Å². The van der Waals surface area contributed by atoms with Gasteiger partial charge in [0.25, 0.3) is 0 Å². The highest BCUT2D eigenvalue weighted by molar-refractivity contribution is 5.79. The fraction of sp³-hybridized carbons (Fsp3) is 0.933. The Labute approximate surface area is 116 Å². The van der Waals surface area contributed by atoms with Crippen LogP contribution in [-0.2, 0) is 4.79 Å². The van der Waals surface area contributed by atoms with Crippen LogP contribution in [0.25, 0.3) is 0 Å². The first-order valence-corrected chi connectivity index (χ1v) is 7.52. The van der Waals surface area contributed by atoms with Gasteiger partial charge in [-0.05, 0) is 43.6 Å². The van der Waals surface area contributed by atoms with Gasteiger partial charge in [0.15, 0.2) is 0 Å². The molecule has 2 fully saturated rings. The summed E-state index contributed by atoms with van der Waals surface area (Å²) in [6.07, 6.45) is 3.64. The molecule has 1 aliphatic heterocycles. The molecule has 1 saturated heterocycles. The van der Waals surface area contributed by atoms with Crippen LogP contribution in [0.15, 0.2) is 0 Å². The van der Waals surface area contributed by atoms with E-state index in [0.29, 0.717) is 17.9 Å². The van der Waals surface area contributed by atoms with Crippen LogP contribution in [0.5, 0.6) is 0 Å². The van der Waals surface area contributed by atoms with Crippen LogP contribution in [0.1, 0.15) is 46.5 Å². The third-order valence-electron chi connectivity index (χ3n) is 4.98. The predicted molar refractivity (Wildman–Crippen MR) is 75.7 cm³/mol. The maximum absolute atomic E-state index is 12.1. The Bertz CT molecular complexity index is 331. The second kappa shape index (κ2) is 5.41. The van der Waals surface area contributed by atoms with Crippen molar-refractivity contribution in [2.24, 2.45) is 17.3 Å². The van der Waals surface area contributed by atoms with E-state index >= 15 is 0 Å². The Morgan fingerprint density at radius 1 is 1.26 bits per heavy atom. The van der Waals surface area contributed by atoms with E-state index in [-0.39, 0.29) is 11.8 Å². The summed E-state index contributed by atoms with van der Waals surface area (Å²) >= 11 is 0. The summed E-state index contributed by atoms with van der Waals surface area (Å²) in [6, 6.07) is 0. The van der Waals surface area contributed by atoms with E-state index in [1.807, 2.05) is 0 Å². The van der Waals surface area contributed by atoms with E-state index in [9.17, 15) is 9.90 Å². The van der Waals surface area contributed by atoms with Crippen LogP contribution in [0.3, 0.4) is 0 Å². The molecule has 0 aromatic heterocycles. The van der Waals surface area contributed by atoms with E-state index in [4.69, 9.17) is 0 Å². The molecule has 2 rings (SSSR count). The minimum Gasteiger partial charge on any atom is -0.388 e. The molecule has 2 atom stereocenters. The number of aliphatic hydroxyl groups is 1. The average molecular weight is 268 g/mol. The van der Waals surface area contributed by atoms with Crippen molar-refractivity contribution in [2.45, 2.75) is 52.1 Å². The zero-order chi connectivity index (χ0) is 14.1. The van der Waals surface area contributed by atoms with Crippen LogP contribution in [-0.4, -0.2) is 36.2 Å². The summed E-state index contributed by atoms with van der Waals surface area (Å²) in [5, 5.41) is 16.7. The van der Waals surface area contributed by atoms with Gasteiger partial charge in [0.05, 0.1) is 11.5 Å². The molecule has 2 unspecified atom stereocenters. The Balaban J connectivity index is 1.80. The van der Waals surface area contributed by atoms with Crippen molar-refractivity contribution in [3.05, 3.63) is 0 Å². The highest BCUT2D eigenvalue weighted by Gasteiger charge is 2.38. The van der Waals surface area contributed by atoms with Gasteiger partial charge in [0.2, 0.25) is 5.91 Å². The minimum absolute atomic E-state index is 0.0589. The van der Waals surface area contributed by atoms with Crippen molar-refractivity contribution in [1.82, 2.24) is 10.6 Å². The first-order chi connectivity index (χ1) is 8.81. The van der Waals surface area contributed by atoms with E-state index in [2.05, 4.69) is 31.4 Å². The van der Waals surface area contributed by atoms with Crippen molar-refractivity contribution < 1.29 is 9.90 Å². The summed E-state index contributed by atoms with van der Waals surface area (Å²) in [4.78, 5) is 12.1. The van der Waals surface area contributed by atoms with Gasteiger partial charge in [-0.1, -0.05) is 20.8 Å². The van der Waals surface area contributed by atoms with Gasteiger partial charge in [0.1, 0.15) is 0 Å². The van der Waals surface area contributed by atoms with Gasteiger partial charge in [-0.25, -0.2) is 0 Å². The fourth-order valence-corrected chi connectivity index (χ4v) is 3.11. The molecule has 4 heteroatoms. The number of amides is 1. The first kappa shape index (κ1) is 14.8. The number of hydrogen-bond acceptors (Lipinski definition) is 3. The lowest BCUT2D eigenvalue weighted by molar-refractivity contribution is -0.127. The van der Waals surface area contributed by atoms with Crippen LogP contribution in [0.4, 0.5) is 0 Å². The van der Waals surface area contributed by atoms with Gasteiger partial charge in [0, 0.05) is 13.1 Å². The molecule has 0 aromatic carbocycles. The van der Waals surface area contributed by atoms with Gasteiger partial charge >= 0.3 is 0 Å². The van der Waals surface area contributed by atoms with Gasteiger partial charge in [-0.3, -0.25) is 4.79 Å². The second-order valence-corrected chi connectivity index (χ2v) is 7.35. The number of carbonyl (C=O) groups is 1. The Kier molecular flexibility index (Phi) is 4.21. The smallest absolute Gasteiger partial charge is 0.224 e. The third kappa shape index (κ3) is 3.69. The maximum Gasteiger partial charge on any atom is 0.224 e. The van der Waals surface area contributed by atoms with Crippen LogP contribution in [0.2, 0.25) is 0 Å². The second-order valence-electron chi connectivity index (χ2n) is 7.35. The molecule has 2 aliphatic rings. The lowest BCUT2D eigenvalue weighted by Gasteiger charge is -2.40. The van der Waals surface area contributed by atoms with Crippen molar-refractivity contribution in [3.8, 4) is 0 Å². The topological polar surface area (TPSA) is 61.4 Å². The molecule has 19 heavy (non-hydrogen) atoms. The number of carbonyl (C=O) groups excluding carboxylic acids is 1. The zero-order valence-corrected chi connectivity index (χ0v) is 12.5. The molecule has 3 N–H and O–H groups in total. The standard InChI is InChI=1S/C15H28N2O2/c1-11-8-16-9-12(11)13(18)17-10-15(19)6-4-14(2,3)5-7-15/h11-12,16,19H,4-10H2,1-3H3,(H,17,18). The van der Waals surface area contributed by atoms with Crippen LogP contribution >= 0.6 is 0 Å². The normalized spacial score (nSPS) is 33.1. The molecule has 0 aromatic rings. The molecule has 4 nitrogen and oxygen atoms in total. The lowest BCUT2D eigenvalue weighted by atomic mass is 9.71. The number of rotatable bonds is 3. The Morgan fingerprint density at radius 3 is 2.42 bits per heavy atom. The summed E-state index contributed by atoms with van der Waals surface area (Å²) in [7, 11) is 0. The molecule has 0 bridgehead atoms. The molecule has 1 amide bonds. The average Bonchev–Trinajstić information content (AvgIpc) is 2.77. The summed E-state index contributed by atoms with van der Waals surface area (Å²) in [5.41, 5.74) is -0.361. The first-order valence-electron chi connectivity index (χ1n) is 7.52. The van der Waals surface area contributed by atoms with Gasteiger partial charge in [-0.2, -0.15) is 0 Å². The summed E-state index contributed by atoms with van der Waals surface area (Å²) < 4.78 is 0. The molecule has 1 saturated carbocycles. The molecule has 110 valence electrons. The molecular formula is C15H28N2O2. The summed E-state index contributed by atoms with van der Waals surface area (Å²) in [6.45, 7) is 8.68. The predicted octanol–water partition coefficient (Wildman–Crippen LogP) is 1.29. The van der Waals surface area contributed by atoms with E-state index in [0.717, 1.165) is 38.8 Å². The monoisotopic (exact) mass is 268 g/mol. The Hall–Kier alpha value is -0.610. The zero-order valence-electron chi connectivity index (χ0n) is 12.5. The van der Waals surface area contributed by atoms with Gasteiger partial charge < -0.3 is 15.7 Å². The molecule has 1 heterocycles. The van der Waals surface area contributed by atoms with Crippen LogP contribution in [0, 0.1) is 17.3 Å². The van der Waals surface area contributed by atoms with E-state index < -0.39 is 5.60 Å². The molecular weight excluding hydrogens is 240 g/mol. The van der Waals surface area contributed by atoms with Crippen molar-refractivity contribution in [1.29, 1.82) is 0 Å². The minimum atomic E-state index is -0.694. The highest BCUT2D eigenvalue weighted by Crippen LogP contribution is 2.39. The van der Waals surface area contributed by atoms with Crippen molar-refractivity contribution in [2.75, 3.05) is 19.6 Å². The largest absolute Gasteiger partial charge is 0.388 e. The highest BCUT2D eigenvalue weighted by atomic mass is 16.3. The van der Waals surface area contributed by atoms with Gasteiger partial charge in [-0.15, -0.1) is 0 Å². The maximum atomic E-state index is 12.1. The Morgan fingerprint density at radius 2 is 1.89 bits per heavy atom. The van der Waals surface area contributed by atoms with Crippen molar-refractivity contribution >= 4 is 5.91 Å². The van der Waals surface area contributed by atoms with E-state index in [1.54, 1.807) is 0 Å². The third-order valence-corrected chi connectivity index (χ3v) is 4.98.